The fraction of sp³-hybridized carbons (Fsp3) is 0.286. The normalized spacial score (nSPS) is 9.74. The highest BCUT2D eigenvalue weighted by molar-refractivity contribution is 5.87. The maximum Gasteiger partial charge on any atom is 0.335 e. The maximum absolute atomic E-state index is 11.4. The lowest BCUT2D eigenvalue weighted by Gasteiger charge is -2.07. The first kappa shape index (κ1) is 14.8. The second kappa shape index (κ2) is 7.20. The van der Waals surface area contributed by atoms with Crippen molar-refractivity contribution in [3.63, 3.8) is 0 Å². The van der Waals surface area contributed by atoms with Crippen molar-refractivity contribution in [2.45, 2.75) is 13.3 Å². The van der Waals surface area contributed by atoms with E-state index in [1.807, 2.05) is 13.0 Å². The summed E-state index contributed by atoms with van der Waals surface area (Å²) < 4.78 is 0. The van der Waals surface area contributed by atoms with E-state index in [1.165, 1.54) is 0 Å². The summed E-state index contributed by atoms with van der Waals surface area (Å²) in [6, 6.07) is 6.42. The van der Waals surface area contributed by atoms with Crippen molar-refractivity contribution in [2.24, 2.45) is 0 Å². The SMILES string of the molecule is C=C(C)CNC(=O)NCCc1cccc(C(=O)O)c1. The van der Waals surface area contributed by atoms with Crippen molar-refractivity contribution in [1.82, 2.24) is 10.6 Å². The molecule has 0 aliphatic heterocycles. The number of benzene rings is 1. The standard InChI is InChI=1S/C14H18N2O3/c1-10(2)9-16-14(19)15-7-6-11-4-3-5-12(8-11)13(17)18/h3-5,8H,1,6-7,9H2,2H3,(H,17,18)(H2,15,16,19). The van der Waals surface area contributed by atoms with Crippen molar-refractivity contribution < 1.29 is 14.7 Å². The highest BCUT2D eigenvalue weighted by Crippen LogP contribution is 2.05. The molecule has 2 amide bonds. The zero-order valence-corrected chi connectivity index (χ0v) is 10.9. The van der Waals surface area contributed by atoms with Gasteiger partial charge in [0.05, 0.1) is 5.56 Å². The summed E-state index contributed by atoms with van der Waals surface area (Å²) in [5.41, 5.74) is 2.01. The summed E-state index contributed by atoms with van der Waals surface area (Å²) in [5, 5.41) is 14.2. The summed E-state index contributed by atoms with van der Waals surface area (Å²) in [7, 11) is 0. The summed E-state index contributed by atoms with van der Waals surface area (Å²) in [4.78, 5) is 22.2. The van der Waals surface area contributed by atoms with Crippen LogP contribution in [0.2, 0.25) is 0 Å². The van der Waals surface area contributed by atoms with E-state index >= 15 is 0 Å². The number of carbonyl (C=O) groups excluding carboxylic acids is 1. The average molecular weight is 262 g/mol. The lowest BCUT2D eigenvalue weighted by Crippen LogP contribution is -2.37. The third kappa shape index (κ3) is 5.72. The van der Waals surface area contributed by atoms with Gasteiger partial charge in [-0.2, -0.15) is 0 Å². The van der Waals surface area contributed by atoms with E-state index < -0.39 is 5.97 Å². The van der Waals surface area contributed by atoms with Crippen LogP contribution in [0.5, 0.6) is 0 Å². The van der Waals surface area contributed by atoms with Crippen LogP contribution in [0.25, 0.3) is 0 Å². The number of hydrogen-bond acceptors (Lipinski definition) is 2. The molecule has 5 heteroatoms. The van der Waals surface area contributed by atoms with Crippen LogP contribution in [0, 0.1) is 0 Å². The number of urea groups is 1. The third-order valence-electron chi connectivity index (χ3n) is 2.42. The molecule has 5 nitrogen and oxygen atoms in total. The Kier molecular flexibility index (Phi) is 5.60. The Balaban J connectivity index is 2.36. The van der Waals surface area contributed by atoms with Crippen molar-refractivity contribution in [3.8, 4) is 0 Å². The van der Waals surface area contributed by atoms with Crippen LogP contribution < -0.4 is 10.6 Å². The molecular formula is C14H18N2O3. The molecular weight excluding hydrogens is 244 g/mol. The van der Waals surface area contributed by atoms with Crippen molar-refractivity contribution in [3.05, 3.63) is 47.5 Å². The molecule has 1 rings (SSSR count). The molecule has 0 spiro atoms. The van der Waals surface area contributed by atoms with E-state index in [2.05, 4.69) is 17.2 Å². The predicted octanol–water partition coefficient (Wildman–Crippen LogP) is 1.80. The highest BCUT2D eigenvalue weighted by Gasteiger charge is 2.04. The molecule has 0 aromatic heterocycles. The van der Waals surface area contributed by atoms with E-state index in [4.69, 9.17) is 5.11 Å². The molecule has 0 saturated heterocycles. The van der Waals surface area contributed by atoms with Gasteiger partial charge in [-0.1, -0.05) is 24.3 Å². The number of carbonyl (C=O) groups is 2. The van der Waals surface area contributed by atoms with Crippen LogP contribution in [0.4, 0.5) is 4.79 Å². The van der Waals surface area contributed by atoms with E-state index in [0.29, 0.717) is 19.5 Å². The number of carboxylic acid groups (broad SMARTS) is 1. The second-order valence-corrected chi connectivity index (χ2v) is 4.32. The van der Waals surface area contributed by atoms with Crippen molar-refractivity contribution >= 4 is 12.0 Å². The lowest BCUT2D eigenvalue weighted by atomic mass is 10.1. The molecule has 0 radical (unpaired) electrons. The van der Waals surface area contributed by atoms with Crippen LogP contribution in [0.1, 0.15) is 22.8 Å². The quantitative estimate of drug-likeness (QED) is 0.684. The van der Waals surface area contributed by atoms with Crippen molar-refractivity contribution in [1.29, 1.82) is 0 Å². The van der Waals surface area contributed by atoms with Gasteiger partial charge >= 0.3 is 12.0 Å². The molecule has 0 unspecified atom stereocenters. The maximum atomic E-state index is 11.4. The van der Waals surface area contributed by atoms with Gasteiger partial charge < -0.3 is 15.7 Å². The van der Waals surface area contributed by atoms with Gasteiger partial charge in [0.15, 0.2) is 0 Å². The molecule has 0 saturated carbocycles. The predicted molar refractivity (Wildman–Crippen MR) is 73.3 cm³/mol. The summed E-state index contributed by atoms with van der Waals surface area (Å²) in [6.45, 7) is 6.41. The van der Waals surface area contributed by atoms with E-state index in [0.717, 1.165) is 11.1 Å². The van der Waals surface area contributed by atoms with Crippen LogP contribution in [0.3, 0.4) is 0 Å². The minimum Gasteiger partial charge on any atom is -0.478 e. The Morgan fingerprint density at radius 1 is 1.32 bits per heavy atom. The Bertz CT molecular complexity index is 483. The topological polar surface area (TPSA) is 78.4 Å². The Hall–Kier alpha value is -2.30. The molecule has 0 fully saturated rings. The fourth-order valence-electron chi connectivity index (χ4n) is 1.47. The smallest absolute Gasteiger partial charge is 0.335 e. The molecule has 3 N–H and O–H groups in total. The largest absolute Gasteiger partial charge is 0.478 e. The van der Waals surface area contributed by atoms with Gasteiger partial charge in [0.1, 0.15) is 0 Å². The first-order valence-electron chi connectivity index (χ1n) is 5.97. The second-order valence-electron chi connectivity index (χ2n) is 4.32. The Morgan fingerprint density at radius 2 is 2.05 bits per heavy atom. The summed E-state index contributed by atoms with van der Waals surface area (Å²) >= 11 is 0. The van der Waals surface area contributed by atoms with Crippen molar-refractivity contribution in [2.75, 3.05) is 13.1 Å². The minimum absolute atomic E-state index is 0.252. The molecule has 102 valence electrons. The summed E-state index contributed by atoms with van der Waals surface area (Å²) in [5.74, 6) is -0.950. The van der Waals surface area contributed by atoms with E-state index in [9.17, 15) is 9.59 Å². The zero-order valence-electron chi connectivity index (χ0n) is 10.9. The minimum atomic E-state index is -0.950. The van der Waals surface area contributed by atoms with Gasteiger partial charge in [0.2, 0.25) is 0 Å². The number of carboxylic acids is 1. The Labute approximate surface area is 112 Å². The average Bonchev–Trinajstić information content (AvgIpc) is 2.36. The Morgan fingerprint density at radius 3 is 2.68 bits per heavy atom. The number of aromatic carboxylic acids is 1. The molecule has 0 bridgehead atoms. The van der Waals surface area contributed by atoms with Gasteiger partial charge in [0, 0.05) is 13.1 Å². The first-order chi connectivity index (χ1) is 8.99. The molecule has 19 heavy (non-hydrogen) atoms. The lowest BCUT2D eigenvalue weighted by molar-refractivity contribution is 0.0696. The molecule has 0 aliphatic rings. The van der Waals surface area contributed by atoms with Crippen LogP contribution >= 0.6 is 0 Å². The van der Waals surface area contributed by atoms with Gasteiger partial charge in [0.25, 0.3) is 0 Å². The molecule has 0 atom stereocenters. The van der Waals surface area contributed by atoms with Gasteiger partial charge in [-0.15, -0.1) is 0 Å². The van der Waals surface area contributed by atoms with E-state index in [1.54, 1.807) is 18.2 Å². The van der Waals surface area contributed by atoms with Crippen LogP contribution in [-0.2, 0) is 6.42 Å². The first-order valence-corrected chi connectivity index (χ1v) is 5.97. The zero-order chi connectivity index (χ0) is 14.3. The van der Waals surface area contributed by atoms with Gasteiger partial charge in [-0.3, -0.25) is 0 Å². The van der Waals surface area contributed by atoms with E-state index in [-0.39, 0.29) is 11.6 Å². The fourth-order valence-corrected chi connectivity index (χ4v) is 1.47. The highest BCUT2D eigenvalue weighted by atomic mass is 16.4. The molecule has 1 aromatic carbocycles. The molecule has 0 heterocycles. The van der Waals surface area contributed by atoms with Crippen LogP contribution in [-0.4, -0.2) is 30.2 Å². The number of nitrogens with one attached hydrogen (secondary N) is 2. The van der Waals surface area contributed by atoms with Gasteiger partial charge in [-0.05, 0) is 31.0 Å². The molecule has 0 aliphatic carbocycles. The van der Waals surface area contributed by atoms with Gasteiger partial charge in [-0.25, -0.2) is 9.59 Å². The number of rotatable bonds is 6. The molecule has 1 aromatic rings. The van der Waals surface area contributed by atoms with Crippen LogP contribution in [0.15, 0.2) is 36.4 Å². The number of hydrogen-bond donors (Lipinski definition) is 3. The monoisotopic (exact) mass is 262 g/mol. The summed E-state index contributed by atoms with van der Waals surface area (Å²) in [6.07, 6.45) is 0.585. The number of amides is 2. The third-order valence-corrected chi connectivity index (χ3v) is 2.42.